The second-order valence-electron chi connectivity index (χ2n) is 12.8. The maximum atomic E-state index is 10.1. The summed E-state index contributed by atoms with van der Waals surface area (Å²) in [5.74, 6) is 2.86. The molecule has 3 aromatic carbocycles. The average molecular weight is 875 g/mol. The molecule has 7 rings (SSSR count). The van der Waals surface area contributed by atoms with Crippen LogP contribution in [-0.4, -0.2) is 96.4 Å². The topological polar surface area (TPSA) is 186 Å². The lowest BCUT2D eigenvalue weighted by molar-refractivity contribution is 0.101. The van der Waals surface area contributed by atoms with Crippen LogP contribution in [0.2, 0.25) is 0 Å². The van der Waals surface area contributed by atoms with Gasteiger partial charge in [0.2, 0.25) is 0 Å². The number of aromatic amines is 2. The van der Waals surface area contributed by atoms with Crippen molar-refractivity contribution in [3.63, 3.8) is 0 Å². The summed E-state index contributed by atoms with van der Waals surface area (Å²) in [6, 6.07) is 29.0. The number of rotatable bonds is 16. The third-order valence-electron chi connectivity index (χ3n) is 8.28. The maximum Gasteiger partial charge on any atom is 0.178 e. The van der Waals surface area contributed by atoms with Crippen LogP contribution >= 0.6 is 31.9 Å². The van der Waals surface area contributed by atoms with E-state index in [2.05, 4.69) is 72.4 Å². The minimum Gasteiger partial charge on any atom is -0.491 e. The van der Waals surface area contributed by atoms with Crippen LogP contribution in [0.1, 0.15) is 12.5 Å². The minimum absolute atomic E-state index is 0.0311. The normalized spacial score (nSPS) is 12.9. The van der Waals surface area contributed by atoms with E-state index in [1.54, 1.807) is 12.4 Å². The number of halogens is 2. The average Bonchev–Trinajstić information content (AvgIpc) is 3.83. The van der Waals surface area contributed by atoms with Crippen molar-refractivity contribution in [3.05, 3.63) is 118 Å². The van der Waals surface area contributed by atoms with E-state index < -0.39 is 12.2 Å². The zero-order valence-corrected chi connectivity index (χ0v) is 33.2. The van der Waals surface area contributed by atoms with Crippen LogP contribution in [-0.2, 0) is 6.54 Å². The van der Waals surface area contributed by atoms with Gasteiger partial charge < -0.3 is 45.4 Å². The highest BCUT2D eigenvalue weighted by Crippen LogP contribution is 2.25. The molecule has 13 nitrogen and oxygen atoms in total. The summed E-state index contributed by atoms with van der Waals surface area (Å²) in [5.41, 5.74) is 6.13. The van der Waals surface area contributed by atoms with Crippen LogP contribution in [0.25, 0.3) is 45.1 Å². The van der Waals surface area contributed by atoms with Crippen molar-refractivity contribution in [2.45, 2.75) is 31.7 Å². The third kappa shape index (κ3) is 11.9. The Morgan fingerprint density at radius 1 is 0.691 bits per heavy atom. The molecule has 0 radical (unpaired) electrons. The van der Waals surface area contributed by atoms with Gasteiger partial charge >= 0.3 is 0 Å². The van der Waals surface area contributed by atoms with E-state index in [-0.39, 0.29) is 25.9 Å². The molecule has 7 aromatic rings. The molecule has 0 bridgehead atoms. The first-order valence-electron chi connectivity index (χ1n) is 17.7. The number of aromatic nitrogens is 6. The van der Waals surface area contributed by atoms with Gasteiger partial charge in [-0.2, -0.15) is 0 Å². The van der Waals surface area contributed by atoms with E-state index in [1.807, 2.05) is 97.9 Å². The number of aliphatic hydroxyl groups excluding tert-OH is 3. The first-order chi connectivity index (χ1) is 26.7. The summed E-state index contributed by atoms with van der Waals surface area (Å²) in [4.78, 5) is 24.1. The summed E-state index contributed by atoms with van der Waals surface area (Å²) < 4.78 is 13.1. The Bertz CT molecular complexity index is 2240. The molecule has 3 unspecified atom stereocenters. The molecule has 7 N–H and O–H groups in total. The fraction of sp³-hybridized carbons (Fsp3) is 0.250. The van der Waals surface area contributed by atoms with Crippen molar-refractivity contribution in [3.8, 4) is 34.3 Å². The Hall–Kier alpha value is -4.74. The summed E-state index contributed by atoms with van der Waals surface area (Å²) in [5, 5.41) is 35.2. The number of fused-ring (bicyclic) bond motifs is 2. The smallest absolute Gasteiger partial charge is 0.178 e. The van der Waals surface area contributed by atoms with Crippen molar-refractivity contribution in [1.82, 2.24) is 40.5 Å². The quantitative estimate of drug-likeness (QED) is 0.0603. The Morgan fingerprint density at radius 3 is 1.67 bits per heavy atom. The number of benzene rings is 3. The summed E-state index contributed by atoms with van der Waals surface area (Å²) in [6.07, 6.45) is 2.21. The van der Waals surface area contributed by atoms with E-state index in [0.717, 1.165) is 49.3 Å². The van der Waals surface area contributed by atoms with Gasteiger partial charge in [0, 0.05) is 58.1 Å². The molecule has 15 heteroatoms. The number of pyridine rings is 2. The number of hydrogen-bond acceptors (Lipinski definition) is 11. The molecule has 0 aliphatic rings. The van der Waals surface area contributed by atoms with Crippen LogP contribution in [0.3, 0.4) is 0 Å². The monoisotopic (exact) mass is 872 g/mol. The lowest BCUT2D eigenvalue weighted by atomic mass is 10.2. The van der Waals surface area contributed by atoms with Crippen LogP contribution in [0.15, 0.2) is 112 Å². The van der Waals surface area contributed by atoms with E-state index in [9.17, 15) is 10.2 Å². The van der Waals surface area contributed by atoms with Gasteiger partial charge in [0.25, 0.3) is 0 Å². The SMILES string of the molecule is CC(CO)NCC(O)COc1ccc(-c2nc3ncc(Br)cc3[nH]2)cc1.OC(CNCc1ccccc1)COc1ccc(-c2nc3ncc(Br)cc3[nH]2)cc1. The molecule has 0 spiro atoms. The molecule has 0 saturated carbocycles. The zero-order chi connectivity index (χ0) is 38.6. The highest BCUT2D eigenvalue weighted by atomic mass is 79.9. The fourth-order valence-corrected chi connectivity index (χ4v) is 5.99. The number of nitrogens with one attached hydrogen (secondary N) is 4. The van der Waals surface area contributed by atoms with E-state index in [0.29, 0.717) is 35.9 Å². The van der Waals surface area contributed by atoms with Crippen molar-refractivity contribution >= 4 is 54.2 Å². The number of H-pyrrole nitrogens is 2. The van der Waals surface area contributed by atoms with Gasteiger partial charge in [0.15, 0.2) is 11.3 Å². The molecule has 0 fully saturated rings. The second-order valence-corrected chi connectivity index (χ2v) is 14.6. The van der Waals surface area contributed by atoms with E-state index in [4.69, 9.17) is 14.6 Å². The maximum absolute atomic E-state index is 10.1. The van der Waals surface area contributed by atoms with Gasteiger partial charge in [-0.15, -0.1) is 0 Å². The lowest BCUT2D eigenvalue weighted by Gasteiger charge is -2.16. The fourth-order valence-electron chi connectivity index (χ4n) is 5.32. The second kappa shape index (κ2) is 19.7. The molecule has 0 aliphatic heterocycles. The van der Waals surface area contributed by atoms with Crippen molar-refractivity contribution < 1.29 is 24.8 Å². The van der Waals surface area contributed by atoms with Crippen molar-refractivity contribution in [1.29, 1.82) is 0 Å². The Labute approximate surface area is 334 Å². The molecular weight excluding hydrogens is 832 g/mol. The van der Waals surface area contributed by atoms with Gasteiger partial charge in [-0.25, -0.2) is 19.9 Å². The number of ether oxygens (including phenoxy) is 2. The number of nitrogens with zero attached hydrogens (tertiary/aromatic N) is 4. The van der Waals surface area contributed by atoms with Gasteiger partial charge in [-0.1, -0.05) is 30.3 Å². The largest absolute Gasteiger partial charge is 0.491 e. The first-order valence-corrected chi connectivity index (χ1v) is 19.2. The molecule has 3 atom stereocenters. The predicted octanol–water partition coefficient (Wildman–Crippen LogP) is 6.01. The minimum atomic E-state index is -0.649. The summed E-state index contributed by atoms with van der Waals surface area (Å²) in [6.45, 7) is 3.82. The molecular formula is C40H42Br2N8O5. The van der Waals surface area contributed by atoms with Crippen LogP contribution in [0.5, 0.6) is 11.5 Å². The van der Waals surface area contributed by atoms with Gasteiger partial charge in [-0.3, -0.25) is 0 Å². The summed E-state index contributed by atoms with van der Waals surface area (Å²) in [7, 11) is 0. The number of imidazole rings is 2. The number of hydrogen-bond donors (Lipinski definition) is 7. The number of aliphatic hydroxyl groups is 3. The van der Waals surface area contributed by atoms with Crippen molar-refractivity contribution in [2.75, 3.05) is 32.9 Å². The molecule has 286 valence electrons. The highest BCUT2D eigenvalue weighted by molar-refractivity contribution is 9.10. The van der Waals surface area contributed by atoms with E-state index in [1.165, 1.54) is 5.56 Å². The molecule has 55 heavy (non-hydrogen) atoms. The van der Waals surface area contributed by atoms with Gasteiger partial charge in [0.1, 0.15) is 48.6 Å². The standard InChI is InChI=1S/C22H21BrN4O2.C18H21BrN4O3/c23-17-10-20-22(25-12-17)27-21(26-20)16-6-8-19(9-7-16)29-14-18(28)13-24-11-15-4-2-1-3-5-15;1-11(9-24)20-8-14(25)10-26-15-4-2-12(3-5-15)17-22-16-6-13(19)7-21-18(16)23-17/h1-10,12,18,24,28H,11,13-14H2,(H,25,26,27);2-7,11,14,20,24-25H,8-10H2,1H3,(H,21,22,23). The molecule has 0 aliphatic carbocycles. The molecule has 0 saturated heterocycles. The lowest BCUT2D eigenvalue weighted by Crippen LogP contribution is -2.38. The van der Waals surface area contributed by atoms with Crippen LogP contribution < -0.4 is 20.1 Å². The molecule has 0 amide bonds. The molecule has 4 aromatic heterocycles. The van der Waals surface area contributed by atoms with Crippen molar-refractivity contribution in [2.24, 2.45) is 0 Å². The highest BCUT2D eigenvalue weighted by Gasteiger charge is 2.11. The molecule has 4 heterocycles. The van der Waals surface area contributed by atoms with Gasteiger partial charge in [0.05, 0.1) is 17.6 Å². The van der Waals surface area contributed by atoms with E-state index >= 15 is 0 Å². The third-order valence-corrected chi connectivity index (χ3v) is 9.14. The predicted molar refractivity (Wildman–Crippen MR) is 220 cm³/mol. The Morgan fingerprint density at radius 2 is 1.18 bits per heavy atom. The zero-order valence-electron chi connectivity index (χ0n) is 30.0. The Balaban J connectivity index is 0.000000188. The van der Waals surface area contributed by atoms with Crippen LogP contribution in [0, 0.1) is 0 Å². The first kappa shape index (κ1) is 39.9. The van der Waals surface area contributed by atoms with Gasteiger partial charge in [-0.05, 0) is 105 Å². The Kier molecular flexibility index (Phi) is 14.3. The summed E-state index contributed by atoms with van der Waals surface area (Å²) >= 11 is 6.81. The van der Waals surface area contributed by atoms with Crippen LogP contribution in [0.4, 0.5) is 0 Å².